The number of anilines is 1. The zero-order chi connectivity index (χ0) is 19.8. The van der Waals surface area contributed by atoms with Crippen LogP contribution in [0.2, 0.25) is 0 Å². The number of pyridine rings is 2. The molecule has 3 rings (SSSR count). The van der Waals surface area contributed by atoms with Crippen LogP contribution >= 0.6 is 0 Å². The van der Waals surface area contributed by atoms with Crippen molar-refractivity contribution in [2.24, 2.45) is 5.73 Å². The van der Waals surface area contributed by atoms with Gasteiger partial charge in [-0.3, -0.25) is 19.6 Å². The first-order chi connectivity index (χ1) is 13.6. The Hall–Kier alpha value is -3.58. The Morgan fingerprint density at radius 2 is 1.71 bits per heavy atom. The Morgan fingerprint density at radius 3 is 2.39 bits per heavy atom. The van der Waals surface area contributed by atoms with E-state index in [-0.39, 0.29) is 24.3 Å². The van der Waals surface area contributed by atoms with Gasteiger partial charge in [0.1, 0.15) is 0 Å². The highest BCUT2D eigenvalue weighted by atomic mass is 16.2. The summed E-state index contributed by atoms with van der Waals surface area (Å²) in [5, 5.41) is 5.61. The average molecular weight is 375 g/mol. The zero-order valence-corrected chi connectivity index (χ0v) is 15.2. The van der Waals surface area contributed by atoms with E-state index in [9.17, 15) is 9.59 Å². The molecule has 0 radical (unpaired) electrons. The third-order valence-corrected chi connectivity index (χ3v) is 4.13. The second-order valence-corrected chi connectivity index (χ2v) is 6.22. The summed E-state index contributed by atoms with van der Waals surface area (Å²) in [6.07, 6.45) is 5.09. The molecule has 0 bridgehead atoms. The van der Waals surface area contributed by atoms with Gasteiger partial charge in [-0.05, 0) is 42.0 Å². The van der Waals surface area contributed by atoms with Crippen LogP contribution in [0.1, 0.15) is 27.7 Å². The molecule has 2 aromatic heterocycles. The van der Waals surface area contributed by atoms with Crippen molar-refractivity contribution in [2.45, 2.75) is 12.5 Å². The monoisotopic (exact) mass is 375 g/mol. The molecule has 2 heterocycles. The van der Waals surface area contributed by atoms with Crippen LogP contribution in [0.3, 0.4) is 0 Å². The summed E-state index contributed by atoms with van der Waals surface area (Å²) in [5.74, 6) is -0.350. The molecule has 3 aromatic rings. The summed E-state index contributed by atoms with van der Waals surface area (Å²) in [5.41, 5.74) is 8.88. The van der Waals surface area contributed by atoms with Crippen molar-refractivity contribution in [1.29, 1.82) is 0 Å². The lowest BCUT2D eigenvalue weighted by atomic mass is 10.0. The van der Waals surface area contributed by atoms with Gasteiger partial charge in [0, 0.05) is 48.1 Å². The molecule has 0 aliphatic rings. The molecular weight excluding hydrogens is 354 g/mol. The quantitative estimate of drug-likeness (QED) is 0.586. The minimum absolute atomic E-state index is 0.137. The Kier molecular flexibility index (Phi) is 6.43. The lowest BCUT2D eigenvalue weighted by Crippen LogP contribution is -2.33. The highest BCUT2D eigenvalue weighted by Crippen LogP contribution is 2.13. The second-order valence-electron chi connectivity index (χ2n) is 6.22. The predicted octanol–water partition coefficient (Wildman–Crippen LogP) is 2.09. The van der Waals surface area contributed by atoms with Gasteiger partial charge in [-0.25, -0.2) is 0 Å². The first-order valence-corrected chi connectivity index (χ1v) is 8.85. The smallest absolute Gasteiger partial charge is 0.255 e. The van der Waals surface area contributed by atoms with E-state index < -0.39 is 0 Å². The third-order valence-electron chi connectivity index (χ3n) is 4.13. The van der Waals surface area contributed by atoms with E-state index in [2.05, 4.69) is 20.6 Å². The summed E-state index contributed by atoms with van der Waals surface area (Å²) in [6.45, 7) is 0.300. The van der Waals surface area contributed by atoms with Crippen LogP contribution in [0, 0.1) is 0 Å². The average Bonchev–Trinajstić information content (AvgIpc) is 2.73. The zero-order valence-electron chi connectivity index (χ0n) is 15.2. The molecule has 1 atom stereocenters. The van der Waals surface area contributed by atoms with E-state index in [4.69, 9.17) is 5.73 Å². The number of nitrogens with two attached hydrogens (primary N) is 1. The maximum atomic E-state index is 12.3. The number of hydrogen-bond acceptors (Lipinski definition) is 5. The number of nitrogens with zero attached hydrogens (tertiary/aromatic N) is 2. The number of rotatable bonds is 7. The van der Waals surface area contributed by atoms with E-state index in [0.29, 0.717) is 23.5 Å². The van der Waals surface area contributed by atoms with Gasteiger partial charge in [0.15, 0.2) is 0 Å². The lowest BCUT2D eigenvalue weighted by Gasteiger charge is -2.14. The summed E-state index contributed by atoms with van der Waals surface area (Å²) in [4.78, 5) is 32.3. The van der Waals surface area contributed by atoms with Crippen LogP contribution in [-0.2, 0) is 11.2 Å². The molecule has 1 aromatic carbocycles. The standard InChI is InChI=1S/C21H21N5O2/c22-19(14-25-20(27)13-18-3-1-2-10-24-18)15-4-6-16(7-5-15)21(28)26-17-8-11-23-12-9-17/h1-12,19H,13-14,22H2,(H,25,27)(H,23,26,28). The van der Waals surface area contributed by atoms with Crippen molar-refractivity contribution in [3.63, 3.8) is 0 Å². The van der Waals surface area contributed by atoms with Crippen LogP contribution in [0.15, 0.2) is 73.2 Å². The van der Waals surface area contributed by atoms with Gasteiger partial charge in [0.25, 0.3) is 5.91 Å². The number of carbonyl (C=O) groups is 2. The highest BCUT2D eigenvalue weighted by Gasteiger charge is 2.11. The van der Waals surface area contributed by atoms with E-state index in [1.165, 1.54) is 0 Å². The van der Waals surface area contributed by atoms with Crippen LogP contribution < -0.4 is 16.4 Å². The summed E-state index contributed by atoms with van der Waals surface area (Å²) in [6, 6.07) is 15.5. The Bertz CT molecular complexity index is 915. The maximum Gasteiger partial charge on any atom is 0.255 e. The molecule has 2 amide bonds. The third kappa shape index (κ3) is 5.46. The van der Waals surface area contributed by atoms with Gasteiger partial charge >= 0.3 is 0 Å². The normalized spacial score (nSPS) is 11.5. The van der Waals surface area contributed by atoms with Crippen LogP contribution in [0.25, 0.3) is 0 Å². The lowest BCUT2D eigenvalue weighted by molar-refractivity contribution is -0.120. The molecule has 1 unspecified atom stereocenters. The number of aromatic nitrogens is 2. The largest absolute Gasteiger partial charge is 0.354 e. The molecule has 0 fully saturated rings. The summed E-state index contributed by atoms with van der Waals surface area (Å²) in [7, 11) is 0. The topological polar surface area (TPSA) is 110 Å². The van der Waals surface area contributed by atoms with Crippen LogP contribution in [0.5, 0.6) is 0 Å². The molecule has 0 saturated carbocycles. The molecule has 142 valence electrons. The number of nitrogens with one attached hydrogen (secondary N) is 2. The fourth-order valence-corrected chi connectivity index (χ4v) is 2.59. The van der Waals surface area contributed by atoms with Crippen molar-refractivity contribution < 1.29 is 9.59 Å². The molecule has 0 spiro atoms. The molecule has 28 heavy (non-hydrogen) atoms. The fourth-order valence-electron chi connectivity index (χ4n) is 2.59. The van der Waals surface area contributed by atoms with Gasteiger partial charge in [-0.2, -0.15) is 0 Å². The van der Waals surface area contributed by atoms with Gasteiger partial charge < -0.3 is 16.4 Å². The van der Waals surface area contributed by atoms with Gasteiger partial charge in [0.2, 0.25) is 5.91 Å². The Labute approximate surface area is 163 Å². The first-order valence-electron chi connectivity index (χ1n) is 8.85. The molecule has 0 saturated heterocycles. The van der Waals surface area contributed by atoms with Crippen molar-refractivity contribution in [3.8, 4) is 0 Å². The molecule has 7 heteroatoms. The SMILES string of the molecule is NC(CNC(=O)Cc1ccccn1)c1ccc(C(=O)Nc2ccncc2)cc1. The van der Waals surface area contributed by atoms with Crippen LogP contribution in [-0.4, -0.2) is 28.3 Å². The second kappa shape index (κ2) is 9.38. The van der Waals surface area contributed by atoms with Crippen LogP contribution in [0.4, 0.5) is 5.69 Å². The molecule has 4 N–H and O–H groups in total. The highest BCUT2D eigenvalue weighted by molar-refractivity contribution is 6.04. The van der Waals surface area contributed by atoms with Gasteiger partial charge in [-0.1, -0.05) is 18.2 Å². The molecule has 0 aliphatic carbocycles. The fraction of sp³-hybridized carbons (Fsp3) is 0.143. The summed E-state index contributed by atoms with van der Waals surface area (Å²) >= 11 is 0. The predicted molar refractivity (Wildman–Crippen MR) is 107 cm³/mol. The van der Waals surface area contributed by atoms with Crippen molar-refractivity contribution in [3.05, 3.63) is 90.0 Å². The minimum Gasteiger partial charge on any atom is -0.354 e. The van der Waals surface area contributed by atoms with Gasteiger partial charge in [0.05, 0.1) is 6.42 Å². The van der Waals surface area contributed by atoms with E-state index >= 15 is 0 Å². The van der Waals surface area contributed by atoms with E-state index in [0.717, 1.165) is 5.56 Å². The first kappa shape index (κ1) is 19.2. The molecular formula is C21H21N5O2. The maximum absolute atomic E-state index is 12.3. The number of carbonyl (C=O) groups excluding carboxylic acids is 2. The minimum atomic E-state index is -0.370. The number of hydrogen-bond donors (Lipinski definition) is 3. The van der Waals surface area contributed by atoms with Crippen molar-refractivity contribution in [2.75, 3.05) is 11.9 Å². The van der Waals surface area contributed by atoms with Crippen molar-refractivity contribution in [1.82, 2.24) is 15.3 Å². The summed E-state index contributed by atoms with van der Waals surface area (Å²) < 4.78 is 0. The Morgan fingerprint density at radius 1 is 0.964 bits per heavy atom. The molecule has 7 nitrogen and oxygen atoms in total. The molecule has 0 aliphatic heterocycles. The van der Waals surface area contributed by atoms with Gasteiger partial charge in [-0.15, -0.1) is 0 Å². The van der Waals surface area contributed by atoms with Crippen molar-refractivity contribution >= 4 is 17.5 Å². The number of benzene rings is 1. The number of amides is 2. The Balaban J connectivity index is 1.51. The van der Waals surface area contributed by atoms with E-state index in [1.54, 1.807) is 67.1 Å². The van der Waals surface area contributed by atoms with E-state index in [1.807, 2.05) is 6.07 Å².